The number of thioether (sulfide) groups is 1. The Balaban J connectivity index is 1.78. The third-order valence-electron chi connectivity index (χ3n) is 3.18. The van der Waals surface area contributed by atoms with Gasteiger partial charge in [0.2, 0.25) is 11.8 Å². The van der Waals surface area contributed by atoms with E-state index in [1.807, 2.05) is 30.8 Å². The minimum absolute atomic E-state index is 0.578. The predicted molar refractivity (Wildman–Crippen MR) is 78.5 cm³/mol. The van der Waals surface area contributed by atoms with Crippen LogP contribution < -0.4 is 5.32 Å². The molecule has 1 aromatic carbocycles. The first-order chi connectivity index (χ1) is 9.35. The van der Waals surface area contributed by atoms with Gasteiger partial charge in [-0.15, -0.1) is 10.2 Å². The highest BCUT2D eigenvalue weighted by Crippen LogP contribution is 2.25. The summed E-state index contributed by atoms with van der Waals surface area (Å²) < 4.78 is 5.59. The van der Waals surface area contributed by atoms with E-state index in [1.54, 1.807) is 0 Å². The van der Waals surface area contributed by atoms with E-state index in [0.717, 1.165) is 17.7 Å². The van der Waals surface area contributed by atoms with Gasteiger partial charge in [0.05, 0.1) is 0 Å². The van der Waals surface area contributed by atoms with E-state index in [9.17, 15) is 0 Å². The fourth-order valence-corrected chi connectivity index (χ4v) is 3.29. The largest absolute Gasteiger partial charge is 0.421 e. The van der Waals surface area contributed by atoms with Gasteiger partial charge in [0, 0.05) is 29.5 Å². The Morgan fingerprint density at radius 3 is 3.11 bits per heavy atom. The van der Waals surface area contributed by atoms with Crippen molar-refractivity contribution in [3.8, 4) is 11.5 Å². The Labute approximate surface area is 117 Å². The molecule has 1 aromatic heterocycles. The molecule has 2 heterocycles. The lowest BCUT2D eigenvalue weighted by Crippen LogP contribution is -2.17. The molecule has 3 rings (SSSR count). The van der Waals surface area contributed by atoms with Crippen LogP contribution >= 0.6 is 11.8 Å². The lowest BCUT2D eigenvalue weighted by atomic mass is 10.1. The highest BCUT2D eigenvalue weighted by Gasteiger charge is 2.15. The number of anilines is 1. The van der Waals surface area contributed by atoms with Crippen molar-refractivity contribution in [2.24, 2.45) is 0 Å². The lowest BCUT2D eigenvalue weighted by molar-refractivity contribution is 0.513. The topological polar surface area (TPSA) is 51.0 Å². The number of hydrogen-bond donors (Lipinski definition) is 1. The Morgan fingerprint density at radius 1 is 1.42 bits per heavy atom. The number of benzene rings is 1. The molecule has 0 spiro atoms. The molecule has 4 nitrogen and oxygen atoms in total. The molecule has 0 aliphatic carbocycles. The molecular weight excluding hydrogens is 258 g/mol. The second-order valence-electron chi connectivity index (χ2n) is 4.64. The average Bonchev–Trinajstić information content (AvgIpc) is 3.09. The normalized spacial score (nSPS) is 18.7. The van der Waals surface area contributed by atoms with Gasteiger partial charge in [-0.25, -0.2) is 0 Å². The molecule has 1 atom stereocenters. The molecule has 0 amide bonds. The summed E-state index contributed by atoms with van der Waals surface area (Å²) in [6, 6.07) is 8.77. The van der Waals surface area contributed by atoms with Crippen LogP contribution in [0.3, 0.4) is 0 Å². The van der Waals surface area contributed by atoms with Gasteiger partial charge in [-0.05, 0) is 30.4 Å². The minimum atomic E-state index is 0.578. The number of hydrogen-bond acceptors (Lipinski definition) is 5. The number of aromatic nitrogens is 2. The van der Waals surface area contributed by atoms with E-state index in [0.29, 0.717) is 17.8 Å². The van der Waals surface area contributed by atoms with Crippen LogP contribution in [0.15, 0.2) is 28.7 Å². The summed E-state index contributed by atoms with van der Waals surface area (Å²) in [6.45, 7) is 2.01. The number of rotatable bonds is 4. The van der Waals surface area contributed by atoms with Crippen LogP contribution in [-0.4, -0.2) is 27.7 Å². The van der Waals surface area contributed by atoms with E-state index < -0.39 is 0 Å². The van der Waals surface area contributed by atoms with Crippen molar-refractivity contribution in [2.75, 3.05) is 16.8 Å². The molecule has 19 heavy (non-hydrogen) atoms. The molecule has 1 fully saturated rings. The van der Waals surface area contributed by atoms with Crippen molar-refractivity contribution < 1.29 is 4.42 Å². The zero-order chi connectivity index (χ0) is 13.1. The highest BCUT2D eigenvalue weighted by molar-refractivity contribution is 7.99. The van der Waals surface area contributed by atoms with E-state index in [1.165, 1.54) is 17.9 Å². The van der Waals surface area contributed by atoms with E-state index in [-0.39, 0.29) is 0 Å². The Morgan fingerprint density at radius 2 is 2.37 bits per heavy atom. The smallest absolute Gasteiger partial charge is 0.247 e. The Hall–Kier alpha value is -1.49. The van der Waals surface area contributed by atoms with Crippen molar-refractivity contribution in [1.29, 1.82) is 0 Å². The van der Waals surface area contributed by atoms with Crippen LogP contribution in [0.2, 0.25) is 0 Å². The second-order valence-corrected chi connectivity index (χ2v) is 5.79. The zero-order valence-corrected chi connectivity index (χ0v) is 11.7. The standard InChI is InChI=1S/C14H17N3OS/c1-2-13-16-17-14(18-13)10-4-3-5-11(8-10)15-12-6-7-19-9-12/h3-5,8,12,15H,2,6-7,9H2,1H3. The first-order valence-corrected chi connectivity index (χ1v) is 7.77. The third-order valence-corrected chi connectivity index (χ3v) is 4.34. The molecule has 2 aromatic rings. The lowest BCUT2D eigenvalue weighted by Gasteiger charge is -2.13. The molecule has 0 saturated carbocycles. The first kappa shape index (κ1) is 12.5. The van der Waals surface area contributed by atoms with Gasteiger partial charge in [-0.2, -0.15) is 11.8 Å². The van der Waals surface area contributed by atoms with Crippen LogP contribution in [0.5, 0.6) is 0 Å². The summed E-state index contributed by atoms with van der Waals surface area (Å²) in [7, 11) is 0. The molecule has 1 N–H and O–H groups in total. The summed E-state index contributed by atoms with van der Waals surface area (Å²) in [5.74, 6) is 3.72. The van der Waals surface area contributed by atoms with Gasteiger partial charge in [0.15, 0.2) is 0 Å². The first-order valence-electron chi connectivity index (χ1n) is 6.62. The van der Waals surface area contributed by atoms with Crippen LogP contribution in [0.1, 0.15) is 19.2 Å². The summed E-state index contributed by atoms with van der Waals surface area (Å²) in [4.78, 5) is 0. The summed E-state index contributed by atoms with van der Waals surface area (Å²) >= 11 is 2.00. The Kier molecular flexibility index (Phi) is 3.73. The maximum atomic E-state index is 5.59. The van der Waals surface area contributed by atoms with Crippen LogP contribution in [0.25, 0.3) is 11.5 Å². The van der Waals surface area contributed by atoms with E-state index in [4.69, 9.17) is 4.42 Å². The molecule has 0 bridgehead atoms. The SMILES string of the molecule is CCc1nnc(-c2cccc(NC3CCSC3)c2)o1. The van der Waals surface area contributed by atoms with Crippen molar-refractivity contribution in [1.82, 2.24) is 10.2 Å². The fraction of sp³-hybridized carbons (Fsp3) is 0.429. The monoisotopic (exact) mass is 275 g/mol. The van der Waals surface area contributed by atoms with Crippen LogP contribution in [0, 0.1) is 0 Å². The van der Waals surface area contributed by atoms with Crippen molar-refractivity contribution >= 4 is 17.4 Å². The molecule has 1 unspecified atom stereocenters. The molecule has 1 saturated heterocycles. The summed E-state index contributed by atoms with van der Waals surface area (Å²) in [6.07, 6.45) is 2.00. The third kappa shape index (κ3) is 2.92. The molecule has 5 heteroatoms. The zero-order valence-electron chi connectivity index (χ0n) is 10.9. The fourth-order valence-electron chi connectivity index (χ4n) is 2.14. The number of aryl methyl sites for hydroxylation is 1. The minimum Gasteiger partial charge on any atom is -0.421 e. The van der Waals surface area contributed by atoms with Gasteiger partial charge in [0.25, 0.3) is 0 Å². The van der Waals surface area contributed by atoms with Gasteiger partial charge < -0.3 is 9.73 Å². The molecular formula is C14H17N3OS. The number of nitrogens with zero attached hydrogens (tertiary/aromatic N) is 2. The van der Waals surface area contributed by atoms with E-state index >= 15 is 0 Å². The maximum absolute atomic E-state index is 5.59. The Bertz CT molecular complexity index is 549. The van der Waals surface area contributed by atoms with Gasteiger partial charge in [0.1, 0.15) is 0 Å². The summed E-state index contributed by atoms with van der Waals surface area (Å²) in [5.41, 5.74) is 2.10. The summed E-state index contributed by atoms with van der Waals surface area (Å²) in [5, 5.41) is 11.6. The van der Waals surface area contributed by atoms with Crippen molar-refractivity contribution in [3.63, 3.8) is 0 Å². The van der Waals surface area contributed by atoms with Gasteiger partial charge >= 0.3 is 0 Å². The van der Waals surface area contributed by atoms with Crippen molar-refractivity contribution in [3.05, 3.63) is 30.2 Å². The average molecular weight is 275 g/mol. The second kappa shape index (κ2) is 5.65. The van der Waals surface area contributed by atoms with Crippen LogP contribution in [0.4, 0.5) is 5.69 Å². The molecule has 100 valence electrons. The number of nitrogens with one attached hydrogen (secondary N) is 1. The van der Waals surface area contributed by atoms with E-state index in [2.05, 4.69) is 27.6 Å². The van der Waals surface area contributed by atoms with Gasteiger partial charge in [-0.3, -0.25) is 0 Å². The van der Waals surface area contributed by atoms with Crippen LogP contribution in [-0.2, 0) is 6.42 Å². The molecule has 0 radical (unpaired) electrons. The molecule has 1 aliphatic rings. The molecule has 1 aliphatic heterocycles. The highest BCUT2D eigenvalue weighted by atomic mass is 32.2. The quantitative estimate of drug-likeness (QED) is 0.928. The van der Waals surface area contributed by atoms with Gasteiger partial charge in [-0.1, -0.05) is 13.0 Å². The maximum Gasteiger partial charge on any atom is 0.247 e. The van der Waals surface area contributed by atoms with Crippen molar-refractivity contribution in [2.45, 2.75) is 25.8 Å². The predicted octanol–water partition coefficient (Wildman–Crippen LogP) is 3.22.